The molecule has 0 spiro atoms. The zero-order valence-corrected chi connectivity index (χ0v) is 22.0. The van der Waals surface area contributed by atoms with Crippen LogP contribution < -0.4 is 15.8 Å². The largest absolute Gasteiger partial charge is 0.352 e. The fourth-order valence-corrected chi connectivity index (χ4v) is 5.63. The monoisotopic (exact) mass is 502 g/mol. The Bertz CT molecular complexity index is 1290. The molecule has 2 aliphatic rings. The minimum absolute atomic E-state index is 0.00578. The fourth-order valence-electron chi connectivity index (χ4n) is 5.63. The number of aromatic nitrogens is 2. The molecule has 0 bridgehead atoms. The Hall–Kier alpha value is -3.23. The molecule has 3 aromatic rings. The minimum Gasteiger partial charge on any atom is -0.352 e. The van der Waals surface area contributed by atoms with Crippen molar-refractivity contribution < 1.29 is 4.79 Å². The van der Waals surface area contributed by atoms with Gasteiger partial charge in [0.25, 0.3) is 5.56 Å². The van der Waals surface area contributed by atoms with E-state index in [0.29, 0.717) is 12.5 Å². The Kier molecular flexibility index (Phi) is 7.86. The predicted octanol–water partition coefficient (Wildman–Crippen LogP) is 3.38. The zero-order chi connectivity index (χ0) is 25.8. The second-order valence-corrected chi connectivity index (χ2v) is 10.5. The molecule has 2 fully saturated rings. The first kappa shape index (κ1) is 25.4. The Morgan fingerprint density at radius 2 is 1.68 bits per heavy atom. The smallest absolute Gasteiger partial charge is 0.274 e. The van der Waals surface area contributed by atoms with Gasteiger partial charge in [-0.3, -0.25) is 9.59 Å². The normalized spacial score (nSPS) is 17.8. The van der Waals surface area contributed by atoms with Crippen molar-refractivity contribution in [3.63, 3.8) is 0 Å². The van der Waals surface area contributed by atoms with Gasteiger partial charge in [-0.1, -0.05) is 30.3 Å². The maximum atomic E-state index is 13.2. The van der Waals surface area contributed by atoms with E-state index < -0.39 is 0 Å². The summed E-state index contributed by atoms with van der Waals surface area (Å²) in [5.74, 6) is 1.41. The Morgan fingerprint density at radius 3 is 2.41 bits per heavy atom. The van der Waals surface area contributed by atoms with Crippen LogP contribution in [0.3, 0.4) is 0 Å². The Labute approximate surface area is 218 Å². The highest BCUT2D eigenvalue weighted by atomic mass is 16.1. The summed E-state index contributed by atoms with van der Waals surface area (Å²) in [5.41, 5.74) is 2.18. The molecule has 2 aromatic carbocycles. The van der Waals surface area contributed by atoms with Gasteiger partial charge in [-0.15, -0.1) is 0 Å². The fraction of sp³-hybridized carbons (Fsp3) is 0.483. The molecule has 1 aromatic heterocycles. The van der Waals surface area contributed by atoms with Crippen LogP contribution in [0, 0.1) is 0 Å². The molecule has 8 heteroatoms. The molecular weight excluding hydrogens is 464 g/mol. The van der Waals surface area contributed by atoms with Crippen LogP contribution in [0.4, 0.5) is 11.5 Å². The maximum absolute atomic E-state index is 13.2. The van der Waals surface area contributed by atoms with E-state index in [1.165, 1.54) is 5.56 Å². The zero-order valence-electron chi connectivity index (χ0n) is 22.0. The lowest BCUT2D eigenvalue weighted by Crippen LogP contribution is -2.45. The number of nitrogens with zero attached hydrogens (tertiary/aromatic N) is 5. The number of hydrogen-bond donors (Lipinski definition) is 1. The quantitative estimate of drug-likeness (QED) is 0.534. The molecule has 0 radical (unpaired) electrons. The number of carbonyl (C=O) groups excluding carboxylic acids is 1. The molecule has 0 saturated carbocycles. The van der Waals surface area contributed by atoms with Crippen LogP contribution in [-0.4, -0.2) is 78.3 Å². The van der Waals surface area contributed by atoms with Crippen LogP contribution in [-0.2, 0) is 11.3 Å². The van der Waals surface area contributed by atoms with E-state index in [1.807, 2.05) is 36.4 Å². The molecule has 0 unspecified atom stereocenters. The number of aryl methyl sites for hydroxylation is 1. The van der Waals surface area contributed by atoms with Crippen molar-refractivity contribution >= 4 is 28.2 Å². The van der Waals surface area contributed by atoms with E-state index in [-0.39, 0.29) is 11.5 Å². The second kappa shape index (κ2) is 11.4. The predicted molar refractivity (Wildman–Crippen MR) is 149 cm³/mol. The van der Waals surface area contributed by atoms with Gasteiger partial charge in [0.1, 0.15) is 0 Å². The van der Waals surface area contributed by atoms with Crippen LogP contribution >= 0.6 is 0 Å². The topological polar surface area (TPSA) is 73.7 Å². The van der Waals surface area contributed by atoms with Gasteiger partial charge in [0.2, 0.25) is 5.91 Å². The summed E-state index contributed by atoms with van der Waals surface area (Å²) in [6, 6.07) is 16.1. The third kappa shape index (κ3) is 6.02. The molecule has 1 N–H and O–H groups in total. The summed E-state index contributed by atoms with van der Waals surface area (Å²) in [4.78, 5) is 31.8. The van der Waals surface area contributed by atoms with Crippen molar-refractivity contribution in [2.45, 2.75) is 38.6 Å². The number of amides is 1. The average Bonchev–Trinajstić information content (AvgIpc) is 2.91. The third-order valence-electron chi connectivity index (χ3n) is 7.76. The summed E-state index contributed by atoms with van der Waals surface area (Å²) < 4.78 is 1.69. The molecule has 3 heterocycles. The molecule has 0 aliphatic carbocycles. The van der Waals surface area contributed by atoms with Crippen molar-refractivity contribution in [3.05, 3.63) is 64.4 Å². The number of carbonyl (C=O) groups is 1. The van der Waals surface area contributed by atoms with Crippen molar-refractivity contribution in [2.24, 2.45) is 0 Å². The Balaban J connectivity index is 1.20. The van der Waals surface area contributed by atoms with E-state index in [1.54, 1.807) is 11.6 Å². The number of hydrogen-bond acceptors (Lipinski definition) is 6. The lowest BCUT2D eigenvalue weighted by Gasteiger charge is -2.34. The Morgan fingerprint density at radius 1 is 0.946 bits per heavy atom. The molecule has 2 saturated heterocycles. The van der Waals surface area contributed by atoms with Gasteiger partial charge in [0.05, 0.1) is 5.39 Å². The van der Waals surface area contributed by atoms with Gasteiger partial charge in [-0.2, -0.15) is 5.10 Å². The summed E-state index contributed by atoms with van der Waals surface area (Å²) in [5, 5.41) is 9.48. The summed E-state index contributed by atoms with van der Waals surface area (Å²) in [6.07, 6.45) is 3.10. The highest BCUT2D eigenvalue weighted by Gasteiger charge is 2.22. The van der Waals surface area contributed by atoms with Crippen molar-refractivity contribution in [1.29, 1.82) is 0 Å². The summed E-state index contributed by atoms with van der Waals surface area (Å²) in [7, 11) is 2.15. The molecule has 8 nitrogen and oxygen atoms in total. The number of rotatable bonds is 7. The standard InChI is InChI=1S/C29H38N6O2/c1-22(36)30-25-8-5-7-24(21-25)23-11-15-33(16-12-23)13-6-14-35-29(37)27-10-4-3-9-26(27)28(31-35)34-19-17-32(2)18-20-34/h3-5,7-10,21,23H,6,11-20H2,1-2H3,(H,30,36). The van der Waals surface area contributed by atoms with Gasteiger partial charge < -0.3 is 20.0 Å². The first-order chi connectivity index (χ1) is 18.0. The third-order valence-corrected chi connectivity index (χ3v) is 7.76. The number of piperidine rings is 1. The van der Waals surface area contributed by atoms with Crippen LogP contribution in [0.1, 0.15) is 37.7 Å². The summed E-state index contributed by atoms with van der Waals surface area (Å²) >= 11 is 0. The number of piperazine rings is 1. The van der Waals surface area contributed by atoms with E-state index in [0.717, 1.165) is 87.4 Å². The maximum Gasteiger partial charge on any atom is 0.274 e. The molecule has 1 amide bonds. The highest BCUT2D eigenvalue weighted by molar-refractivity contribution is 5.91. The SMILES string of the molecule is CC(=O)Nc1cccc(C2CCN(CCCn3nc(N4CCN(C)CC4)c4ccccc4c3=O)CC2)c1. The molecule has 5 rings (SSSR count). The van der Waals surface area contributed by atoms with Crippen LogP contribution in [0.15, 0.2) is 53.3 Å². The van der Waals surface area contributed by atoms with Crippen LogP contribution in [0.25, 0.3) is 10.8 Å². The van der Waals surface area contributed by atoms with E-state index in [2.05, 4.69) is 39.2 Å². The molecule has 37 heavy (non-hydrogen) atoms. The molecule has 0 atom stereocenters. The van der Waals surface area contributed by atoms with Gasteiger partial charge in [-0.05, 0) is 75.6 Å². The van der Waals surface area contributed by atoms with Gasteiger partial charge in [0.15, 0.2) is 5.82 Å². The number of fused-ring (bicyclic) bond motifs is 1. The number of nitrogens with one attached hydrogen (secondary N) is 1. The lowest BCUT2D eigenvalue weighted by atomic mass is 9.89. The number of likely N-dealkylation sites (N-methyl/N-ethyl adjacent to an activating group) is 1. The van der Waals surface area contributed by atoms with E-state index in [9.17, 15) is 9.59 Å². The van der Waals surface area contributed by atoms with Crippen molar-refractivity contribution in [3.8, 4) is 0 Å². The van der Waals surface area contributed by atoms with E-state index in [4.69, 9.17) is 5.10 Å². The highest BCUT2D eigenvalue weighted by Crippen LogP contribution is 2.30. The van der Waals surface area contributed by atoms with Gasteiger partial charge in [0, 0.05) is 50.7 Å². The first-order valence-electron chi connectivity index (χ1n) is 13.5. The van der Waals surface area contributed by atoms with Gasteiger partial charge in [-0.25, -0.2) is 4.68 Å². The van der Waals surface area contributed by atoms with Crippen LogP contribution in [0.2, 0.25) is 0 Å². The molecule has 2 aliphatic heterocycles. The second-order valence-electron chi connectivity index (χ2n) is 10.5. The minimum atomic E-state index is -0.0392. The van der Waals surface area contributed by atoms with Crippen molar-refractivity contribution in [2.75, 3.05) is 63.1 Å². The first-order valence-corrected chi connectivity index (χ1v) is 13.5. The van der Waals surface area contributed by atoms with Crippen molar-refractivity contribution in [1.82, 2.24) is 19.6 Å². The lowest BCUT2D eigenvalue weighted by molar-refractivity contribution is -0.114. The average molecular weight is 503 g/mol. The number of likely N-dealkylation sites (tertiary alicyclic amines) is 1. The molecule has 196 valence electrons. The number of anilines is 2. The van der Waals surface area contributed by atoms with E-state index >= 15 is 0 Å². The van der Waals surface area contributed by atoms with Crippen LogP contribution in [0.5, 0.6) is 0 Å². The molecular formula is C29H38N6O2. The van der Waals surface area contributed by atoms with Gasteiger partial charge >= 0.3 is 0 Å². The summed E-state index contributed by atoms with van der Waals surface area (Å²) in [6.45, 7) is 9.07. The number of benzene rings is 2.